The Morgan fingerprint density at radius 2 is 2.47 bits per heavy atom. The number of esters is 1. The number of hydrogen-bond donors (Lipinski definition) is 1. The number of hydrogen-bond acceptors (Lipinski definition) is 4. The predicted molar refractivity (Wildman–Crippen MR) is 50.6 cm³/mol. The van der Waals surface area contributed by atoms with Gasteiger partial charge in [0.1, 0.15) is 5.70 Å². The molecule has 1 amide bonds. The lowest BCUT2D eigenvalue weighted by molar-refractivity contribution is -0.150. The third-order valence-electron chi connectivity index (χ3n) is 2.63. The molecule has 0 bridgehead atoms. The largest absolute Gasteiger partial charge is 0.461 e. The number of aliphatic hydroxyl groups is 1. The van der Waals surface area contributed by atoms with Gasteiger partial charge in [-0.15, -0.1) is 0 Å². The van der Waals surface area contributed by atoms with E-state index in [-0.39, 0.29) is 25.2 Å². The van der Waals surface area contributed by atoms with Gasteiger partial charge in [-0.2, -0.15) is 0 Å². The topological polar surface area (TPSA) is 66.8 Å². The van der Waals surface area contributed by atoms with Crippen molar-refractivity contribution in [1.29, 1.82) is 0 Å². The average Bonchev–Trinajstić information content (AvgIpc) is 2.55. The van der Waals surface area contributed by atoms with Gasteiger partial charge in [-0.3, -0.25) is 4.79 Å². The Bertz CT molecular complexity index is 323. The second-order valence-corrected chi connectivity index (χ2v) is 3.66. The summed E-state index contributed by atoms with van der Waals surface area (Å²) in [5, 5.41) is 8.52. The summed E-state index contributed by atoms with van der Waals surface area (Å²) in [5.74, 6) is -0.471. The number of aliphatic hydroxyl groups excluding tert-OH is 1. The molecule has 1 fully saturated rings. The monoisotopic (exact) mass is 211 g/mol. The number of carbonyl (C=O) groups excluding carboxylic acids is 2. The van der Waals surface area contributed by atoms with Crippen LogP contribution < -0.4 is 0 Å². The van der Waals surface area contributed by atoms with E-state index in [4.69, 9.17) is 9.84 Å². The molecule has 2 heterocycles. The highest BCUT2D eigenvalue weighted by molar-refractivity contribution is 5.98. The zero-order valence-corrected chi connectivity index (χ0v) is 8.31. The molecule has 2 rings (SSSR count). The Morgan fingerprint density at radius 1 is 1.67 bits per heavy atom. The van der Waals surface area contributed by atoms with E-state index < -0.39 is 5.97 Å². The first-order valence-corrected chi connectivity index (χ1v) is 5.04. The molecule has 0 aliphatic carbocycles. The van der Waals surface area contributed by atoms with Crippen molar-refractivity contribution >= 4 is 11.9 Å². The van der Waals surface area contributed by atoms with Gasteiger partial charge in [0.25, 0.3) is 0 Å². The third-order valence-corrected chi connectivity index (χ3v) is 2.63. The summed E-state index contributed by atoms with van der Waals surface area (Å²) in [6.07, 6.45) is 3.45. The second kappa shape index (κ2) is 4.02. The zero-order chi connectivity index (χ0) is 10.8. The molecule has 2 aliphatic rings. The molecule has 2 aliphatic heterocycles. The van der Waals surface area contributed by atoms with Crippen LogP contribution in [0.25, 0.3) is 0 Å². The minimum Gasteiger partial charge on any atom is -0.461 e. The van der Waals surface area contributed by atoms with Crippen LogP contribution in [0.2, 0.25) is 0 Å². The van der Waals surface area contributed by atoms with Crippen LogP contribution in [0.1, 0.15) is 19.3 Å². The summed E-state index contributed by atoms with van der Waals surface area (Å²) in [4.78, 5) is 24.2. The van der Waals surface area contributed by atoms with Gasteiger partial charge >= 0.3 is 5.97 Å². The Morgan fingerprint density at radius 3 is 3.13 bits per heavy atom. The standard InChI is InChI=1S/C10H13NO4/c12-4-1-5-15-10(14)8-3-2-7-6-9(13)11(7)8/h3,7,12H,1-2,4-6H2. The van der Waals surface area contributed by atoms with Crippen LogP contribution in [0, 0.1) is 0 Å². The molecule has 0 radical (unpaired) electrons. The highest BCUT2D eigenvalue weighted by Crippen LogP contribution is 2.33. The molecule has 0 aromatic rings. The molecular formula is C10H13NO4. The number of rotatable bonds is 4. The number of carbonyl (C=O) groups is 2. The predicted octanol–water partition coefficient (Wildman–Crippen LogP) is -0.199. The van der Waals surface area contributed by atoms with E-state index in [9.17, 15) is 9.59 Å². The molecule has 5 heteroatoms. The summed E-state index contributed by atoms with van der Waals surface area (Å²) >= 11 is 0. The quantitative estimate of drug-likeness (QED) is 0.397. The van der Waals surface area contributed by atoms with Crippen LogP contribution in [0.15, 0.2) is 11.8 Å². The van der Waals surface area contributed by atoms with Crippen molar-refractivity contribution in [3.05, 3.63) is 11.8 Å². The molecule has 1 saturated heterocycles. The second-order valence-electron chi connectivity index (χ2n) is 3.66. The van der Waals surface area contributed by atoms with E-state index >= 15 is 0 Å². The SMILES string of the molecule is O=C(OCCCO)C1=CCC2CC(=O)N12. The van der Waals surface area contributed by atoms with E-state index in [0.29, 0.717) is 18.5 Å². The summed E-state index contributed by atoms with van der Waals surface area (Å²) in [6, 6.07) is 0.179. The van der Waals surface area contributed by atoms with Crippen molar-refractivity contribution in [2.75, 3.05) is 13.2 Å². The van der Waals surface area contributed by atoms with Crippen LogP contribution >= 0.6 is 0 Å². The molecule has 0 spiro atoms. The van der Waals surface area contributed by atoms with Crippen LogP contribution in [0.5, 0.6) is 0 Å². The van der Waals surface area contributed by atoms with Gasteiger partial charge < -0.3 is 14.7 Å². The zero-order valence-electron chi connectivity index (χ0n) is 8.31. The normalized spacial score (nSPS) is 23.3. The Hall–Kier alpha value is -1.36. The van der Waals surface area contributed by atoms with Crippen LogP contribution in [0.4, 0.5) is 0 Å². The van der Waals surface area contributed by atoms with E-state index in [1.54, 1.807) is 6.08 Å². The number of fused-ring (bicyclic) bond motifs is 1. The smallest absolute Gasteiger partial charge is 0.354 e. The Labute approximate surface area is 87.3 Å². The molecule has 0 aromatic heterocycles. The first-order valence-electron chi connectivity index (χ1n) is 5.04. The van der Waals surface area contributed by atoms with Gasteiger partial charge in [0.05, 0.1) is 6.61 Å². The molecule has 1 unspecified atom stereocenters. The van der Waals surface area contributed by atoms with E-state index in [1.165, 1.54) is 4.90 Å². The van der Waals surface area contributed by atoms with Crippen LogP contribution in [0.3, 0.4) is 0 Å². The minimum absolute atomic E-state index is 0.00238. The van der Waals surface area contributed by atoms with Crippen LogP contribution in [-0.2, 0) is 14.3 Å². The maximum absolute atomic E-state index is 11.5. The average molecular weight is 211 g/mol. The Balaban J connectivity index is 1.88. The van der Waals surface area contributed by atoms with Crippen molar-refractivity contribution in [2.45, 2.75) is 25.3 Å². The number of amides is 1. The fraction of sp³-hybridized carbons (Fsp3) is 0.600. The lowest BCUT2D eigenvalue weighted by atomic mass is 10.0. The van der Waals surface area contributed by atoms with Crippen molar-refractivity contribution in [3.8, 4) is 0 Å². The van der Waals surface area contributed by atoms with Gasteiger partial charge in [0.15, 0.2) is 0 Å². The van der Waals surface area contributed by atoms with Crippen molar-refractivity contribution < 1.29 is 19.4 Å². The van der Waals surface area contributed by atoms with Gasteiger partial charge in [-0.1, -0.05) is 6.08 Å². The molecule has 1 atom stereocenters. The summed E-state index contributed by atoms with van der Waals surface area (Å²) in [7, 11) is 0. The Kier molecular flexibility index (Phi) is 2.73. The van der Waals surface area contributed by atoms with Gasteiger partial charge in [-0.05, 0) is 6.42 Å². The summed E-state index contributed by atoms with van der Waals surface area (Å²) in [6.45, 7) is 0.191. The van der Waals surface area contributed by atoms with Crippen molar-refractivity contribution in [3.63, 3.8) is 0 Å². The van der Waals surface area contributed by atoms with E-state index in [1.807, 2.05) is 0 Å². The van der Waals surface area contributed by atoms with Crippen molar-refractivity contribution in [2.24, 2.45) is 0 Å². The van der Waals surface area contributed by atoms with Gasteiger partial charge in [-0.25, -0.2) is 4.79 Å². The third kappa shape index (κ3) is 1.74. The number of ether oxygens (including phenoxy) is 1. The molecule has 5 nitrogen and oxygen atoms in total. The maximum atomic E-state index is 11.5. The van der Waals surface area contributed by atoms with Crippen molar-refractivity contribution in [1.82, 2.24) is 4.90 Å². The maximum Gasteiger partial charge on any atom is 0.354 e. The molecular weight excluding hydrogens is 198 g/mol. The number of nitrogens with zero attached hydrogens (tertiary/aromatic N) is 1. The molecule has 0 aromatic carbocycles. The first kappa shape index (κ1) is 10.2. The molecule has 0 saturated carbocycles. The van der Waals surface area contributed by atoms with Gasteiger partial charge in [0.2, 0.25) is 5.91 Å². The van der Waals surface area contributed by atoms with E-state index in [2.05, 4.69) is 0 Å². The van der Waals surface area contributed by atoms with Crippen LogP contribution in [-0.4, -0.2) is 41.1 Å². The fourth-order valence-corrected chi connectivity index (χ4v) is 1.83. The highest BCUT2D eigenvalue weighted by atomic mass is 16.5. The summed E-state index contributed by atoms with van der Waals surface area (Å²) in [5.41, 5.74) is 0.370. The van der Waals surface area contributed by atoms with Gasteiger partial charge in [0, 0.05) is 25.5 Å². The lowest BCUT2D eigenvalue weighted by Gasteiger charge is -2.35. The number of β-lactam (4-membered cyclic amide) rings is 1. The lowest BCUT2D eigenvalue weighted by Crippen LogP contribution is -2.49. The molecule has 15 heavy (non-hydrogen) atoms. The molecule has 1 N–H and O–H groups in total. The van der Waals surface area contributed by atoms with E-state index in [0.717, 1.165) is 6.42 Å². The summed E-state index contributed by atoms with van der Waals surface area (Å²) < 4.78 is 4.91. The fourth-order valence-electron chi connectivity index (χ4n) is 1.83. The highest BCUT2D eigenvalue weighted by Gasteiger charge is 2.44. The molecule has 82 valence electrons. The first-order chi connectivity index (χ1) is 7.24. The minimum atomic E-state index is -0.459.